The van der Waals surface area contributed by atoms with Gasteiger partial charge in [-0.2, -0.15) is 5.10 Å². The zero-order valence-corrected chi connectivity index (χ0v) is 17.0. The first-order valence-electron chi connectivity index (χ1n) is 10.1. The number of amides is 1. The maximum atomic E-state index is 12.7. The molecule has 1 amide bonds. The van der Waals surface area contributed by atoms with E-state index in [0.717, 1.165) is 48.9 Å². The van der Waals surface area contributed by atoms with Crippen molar-refractivity contribution in [2.75, 3.05) is 42.9 Å². The number of nitrogens with zero attached hydrogens (tertiary/aromatic N) is 4. The Morgan fingerprint density at radius 1 is 0.897 bits per heavy atom. The lowest BCUT2D eigenvalue weighted by Crippen LogP contribution is -2.48. The molecule has 0 saturated carbocycles. The maximum absolute atomic E-state index is 12.7. The summed E-state index contributed by atoms with van der Waals surface area (Å²) >= 11 is 0. The van der Waals surface area contributed by atoms with Crippen LogP contribution in [0.15, 0.2) is 60.7 Å². The molecule has 0 aliphatic carbocycles. The van der Waals surface area contributed by atoms with Crippen LogP contribution in [-0.2, 0) is 4.79 Å². The lowest BCUT2D eigenvalue weighted by atomic mass is 10.2. The van der Waals surface area contributed by atoms with Crippen LogP contribution in [0.1, 0.15) is 11.4 Å². The van der Waals surface area contributed by atoms with Crippen molar-refractivity contribution in [1.82, 2.24) is 14.7 Å². The van der Waals surface area contributed by atoms with Crippen LogP contribution in [0.2, 0.25) is 0 Å². The van der Waals surface area contributed by atoms with Crippen LogP contribution >= 0.6 is 0 Å². The molecule has 0 bridgehead atoms. The van der Waals surface area contributed by atoms with Gasteiger partial charge in [0, 0.05) is 31.9 Å². The number of aryl methyl sites for hydroxylation is 1. The summed E-state index contributed by atoms with van der Waals surface area (Å²) in [5, 5.41) is 7.69. The van der Waals surface area contributed by atoms with E-state index in [9.17, 15) is 4.79 Å². The topological polar surface area (TPSA) is 53.4 Å². The number of piperazine rings is 1. The molecule has 0 atom stereocenters. The van der Waals surface area contributed by atoms with Crippen LogP contribution in [0.3, 0.4) is 0 Å². The Kier molecular flexibility index (Phi) is 5.62. The Morgan fingerprint density at radius 3 is 2.10 bits per heavy atom. The number of anilines is 2. The van der Waals surface area contributed by atoms with Crippen LogP contribution in [0.5, 0.6) is 0 Å². The van der Waals surface area contributed by atoms with Crippen molar-refractivity contribution in [2.45, 2.75) is 13.8 Å². The molecule has 0 unspecified atom stereocenters. The van der Waals surface area contributed by atoms with Gasteiger partial charge in [-0.1, -0.05) is 36.4 Å². The highest BCUT2D eigenvalue weighted by Crippen LogP contribution is 2.23. The Labute approximate surface area is 171 Å². The fourth-order valence-electron chi connectivity index (χ4n) is 3.83. The number of hydrogen-bond donors (Lipinski definition) is 1. The van der Waals surface area contributed by atoms with Crippen molar-refractivity contribution >= 4 is 17.3 Å². The van der Waals surface area contributed by atoms with Gasteiger partial charge in [-0.3, -0.25) is 9.69 Å². The second-order valence-electron chi connectivity index (χ2n) is 7.44. The third kappa shape index (κ3) is 4.32. The number of para-hydroxylation sites is 2. The van der Waals surface area contributed by atoms with Crippen LogP contribution in [0, 0.1) is 13.8 Å². The minimum Gasteiger partial charge on any atom is -0.369 e. The molecule has 150 valence electrons. The van der Waals surface area contributed by atoms with Gasteiger partial charge in [0.2, 0.25) is 5.91 Å². The van der Waals surface area contributed by atoms with Gasteiger partial charge < -0.3 is 10.2 Å². The molecule has 1 aliphatic rings. The molecule has 0 radical (unpaired) electrons. The average molecular weight is 390 g/mol. The fraction of sp³-hybridized carbons (Fsp3) is 0.304. The van der Waals surface area contributed by atoms with Gasteiger partial charge in [0.1, 0.15) is 0 Å². The Balaban J connectivity index is 1.36. The number of benzene rings is 2. The van der Waals surface area contributed by atoms with Gasteiger partial charge in [-0.25, -0.2) is 4.68 Å². The van der Waals surface area contributed by atoms with Crippen molar-refractivity contribution in [1.29, 1.82) is 0 Å². The van der Waals surface area contributed by atoms with Crippen LogP contribution in [0.25, 0.3) is 5.69 Å². The normalized spacial score (nSPS) is 14.8. The molecule has 29 heavy (non-hydrogen) atoms. The highest BCUT2D eigenvalue weighted by Gasteiger charge is 2.21. The molecule has 2 aromatic carbocycles. The Bertz CT molecular complexity index is 960. The molecule has 6 heteroatoms. The highest BCUT2D eigenvalue weighted by atomic mass is 16.2. The summed E-state index contributed by atoms with van der Waals surface area (Å²) in [4.78, 5) is 17.3. The van der Waals surface area contributed by atoms with Crippen LogP contribution < -0.4 is 10.2 Å². The Morgan fingerprint density at radius 2 is 1.48 bits per heavy atom. The molecule has 1 aliphatic heterocycles. The smallest absolute Gasteiger partial charge is 0.238 e. The number of nitrogens with one attached hydrogen (secondary N) is 1. The highest BCUT2D eigenvalue weighted by molar-refractivity contribution is 5.93. The summed E-state index contributed by atoms with van der Waals surface area (Å²) in [6.07, 6.45) is 0. The first-order valence-corrected chi connectivity index (χ1v) is 10.1. The molecular weight excluding hydrogens is 362 g/mol. The summed E-state index contributed by atoms with van der Waals surface area (Å²) < 4.78 is 1.88. The van der Waals surface area contributed by atoms with Crippen molar-refractivity contribution < 1.29 is 4.79 Å². The van der Waals surface area contributed by atoms with E-state index in [0.29, 0.717) is 6.54 Å². The monoisotopic (exact) mass is 389 g/mol. The first kappa shape index (κ1) is 19.2. The van der Waals surface area contributed by atoms with E-state index in [4.69, 9.17) is 0 Å². The number of carbonyl (C=O) groups excluding carboxylic acids is 1. The third-order valence-electron chi connectivity index (χ3n) is 5.42. The predicted octanol–water partition coefficient (Wildman–Crippen LogP) is 3.25. The maximum Gasteiger partial charge on any atom is 0.238 e. The number of rotatable bonds is 5. The van der Waals surface area contributed by atoms with E-state index < -0.39 is 0 Å². The second-order valence-corrected chi connectivity index (χ2v) is 7.44. The van der Waals surface area contributed by atoms with Gasteiger partial charge in [-0.05, 0) is 38.1 Å². The van der Waals surface area contributed by atoms with Gasteiger partial charge in [0.15, 0.2) is 0 Å². The Hall–Kier alpha value is -3.12. The van der Waals surface area contributed by atoms with E-state index in [1.165, 1.54) is 5.69 Å². The molecule has 1 saturated heterocycles. The molecule has 4 rings (SSSR count). The first-order chi connectivity index (χ1) is 14.1. The zero-order chi connectivity index (χ0) is 20.2. The standard InChI is InChI=1S/C23H27N5O/c1-18-23(19(2)28(25-18)21-11-7-4-8-12-21)24-22(29)17-26-13-15-27(16-14-26)20-9-5-3-6-10-20/h3-12H,13-17H2,1-2H3,(H,24,29). The molecule has 1 N–H and O–H groups in total. The number of carbonyl (C=O) groups is 1. The fourth-order valence-corrected chi connectivity index (χ4v) is 3.83. The van der Waals surface area contributed by atoms with Crippen molar-refractivity contribution in [2.24, 2.45) is 0 Å². The van der Waals surface area contributed by atoms with E-state index in [1.807, 2.05) is 54.9 Å². The van der Waals surface area contributed by atoms with Crippen LogP contribution in [-0.4, -0.2) is 53.3 Å². The molecule has 3 aromatic rings. The summed E-state index contributed by atoms with van der Waals surface area (Å²) in [7, 11) is 0. The van der Waals surface area contributed by atoms with E-state index in [2.05, 4.69) is 44.5 Å². The lowest BCUT2D eigenvalue weighted by molar-refractivity contribution is -0.117. The van der Waals surface area contributed by atoms with Gasteiger partial charge in [0.25, 0.3) is 0 Å². The predicted molar refractivity (Wildman–Crippen MR) is 117 cm³/mol. The quantitative estimate of drug-likeness (QED) is 0.728. The zero-order valence-electron chi connectivity index (χ0n) is 17.0. The van der Waals surface area contributed by atoms with Crippen LogP contribution in [0.4, 0.5) is 11.4 Å². The summed E-state index contributed by atoms with van der Waals surface area (Å²) in [5.41, 5.74) is 4.81. The lowest BCUT2D eigenvalue weighted by Gasteiger charge is -2.35. The molecule has 2 heterocycles. The van der Waals surface area contributed by atoms with E-state index in [-0.39, 0.29) is 5.91 Å². The average Bonchev–Trinajstić information content (AvgIpc) is 3.04. The van der Waals surface area contributed by atoms with Crippen molar-refractivity contribution in [3.05, 3.63) is 72.1 Å². The van der Waals surface area contributed by atoms with Crippen molar-refractivity contribution in [3.63, 3.8) is 0 Å². The number of hydrogen-bond acceptors (Lipinski definition) is 4. The molecule has 0 spiro atoms. The van der Waals surface area contributed by atoms with Gasteiger partial charge >= 0.3 is 0 Å². The molecule has 1 aromatic heterocycles. The summed E-state index contributed by atoms with van der Waals surface area (Å²) in [6.45, 7) is 7.94. The van der Waals surface area contributed by atoms with Gasteiger partial charge in [-0.15, -0.1) is 0 Å². The third-order valence-corrected chi connectivity index (χ3v) is 5.42. The minimum absolute atomic E-state index is 0.0111. The molecule has 1 fully saturated rings. The van der Waals surface area contributed by atoms with E-state index >= 15 is 0 Å². The number of aromatic nitrogens is 2. The summed E-state index contributed by atoms with van der Waals surface area (Å²) in [5.74, 6) is 0.0111. The van der Waals surface area contributed by atoms with Gasteiger partial charge in [0.05, 0.1) is 29.3 Å². The second kappa shape index (κ2) is 8.49. The summed E-state index contributed by atoms with van der Waals surface area (Å²) in [6, 6.07) is 20.4. The minimum atomic E-state index is 0.0111. The SMILES string of the molecule is Cc1nn(-c2ccccc2)c(C)c1NC(=O)CN1CCN(c2ccccc2)CC1. The molecular formula is C23H27N5O. The largest absolute Gasteiger partial charge is 0.369 e. The van der Waals surface area contributed by atoms with Crippen molar-refractivity contribution in [3.8, 4) is 5.69 Å². The van der Waals surface area contributed by atoms with E-state index in [1.54, 1.807) is 0 Å². The molecule has 6 nitrogen and oxygen atoms in total.